The Morgan fingerprint density at radius 3 is 2.39 bits per heavy atom. The molecule has 0 radical (unpaired) electrons. The van der Waals surface area contributed by atoms with E-state index in [1.54, 1.807) is 0 Å². The Kier molecular flexibility index (Phi) is 4.61. The summed E-state index contributed by atoms with van der Waals surface area (Å²) in [5, 5.41) is 2.14. The fraction of sp³-hybridized carbons (Fsp3) is 0.833. The Morgan fingerprint density at radius 2 is 1.89 bits per heavy atom. The molecule has 1 aromatic rings. The molecule has 1 aromatic heterocycles. The molecule has 2 rings (SSSR count). The smallest absolute Gasteiger partial charge is 0.205 e. The molecule has 2 heterocycles. The SMILES string of the molecule is CC(C)(C)c1nsc(N2CCN(CCBr)CC2)n1. The van der Waals surface area contributed by atoms with Crippen LogP contribution in [0.2, 0.25) is 0 Å². The molecule has 1 saturated heterocycles. The number of alkyl halides is 1. The van der Waals surface area contributed by atoms with Crippen molar-refractivity contribution in [1.29, 1.82) is 0 Å². The first-order chi connectivity index (χ1) is 8.50. The third-order valence-electron chi connectivity index (χ3n) is 3.13. The van der Waals surface area contributed by atoms with E-state index >= 15 is 0 Å². The van der Waals surface area contributed by atoms with E-state index in [1.807, 2.05) is 0 Å². The maximum Gasteiger partial charge on any atom is 0.205 e. The second kappa shape index (κ2) is 5.84. The van der Waals surface area contributed by atoms with Crippen LogP contribution in [-0.2, 0) is 5.41 Å². The van der Waals surface area contributed by atoms with Crippen molar-refractivity contribution >= 4 is 32.6 Å². The van der Waals surface area contributed by atoms with Crippen LogP contribution in [0, 0.1) is 0 Å². The standard InChI is InChI=1S/C12H21BrN4S/c1-12(2,3)10-14-11(18-15-10)17-8-6-16(5-4-13)7-9-17/h4-9H2,1-3H3. The molecule has 0 N–H and O–H groups in total. The minimum absolute atomic E-state index is 0.0481. The molecule has 1 aliphatic heterocycles. The van der Waals surface area contributed by atoms with Gasteiger partial charge in [-0.2, -0.15) is 4.37 Å². The van der Waals surface area contributed by atoms with Crippen LogP contribution in [0.1, 0.15) is 26.6 Å². The van der Waals surface area contributed by atoms with Crippen molar-refractivity contribution < 1.29 is 0 Å². The maximum atomic E-state index is 4.68. The van der Waals surface area contributed by atoms with Gasteiger partial charge in [0, 0.05) is 55.0 Å². The lowest BCUT2D eigenvalue weighted by atomic mass is 9.96. The third-order valence-corrected chi connectivity index (χ3v) is 4.26. The molecule has 0 aromatic carbocycles. The second-order valence-electron chi connectivity index (χ2n) is 5.67. The first-order valence-corrected chi connectivity index (χ1v) is 8.27. The number of hydrogen-bond donors (Lipinski definition) is 0. The summed E-state index contributed by atoms with van der Waals surface area (Å²) in [6.45, 7) is 12.0. The van der Waals surface area contributed by atoms with E-state index in [-0.39, 0.29) is 5.41 Å². The molecule has 0 atom stereocenters. The third kappa shape index (κ3) is 3.42. The van der Waals surface area contributed by atoms with Crippen molar-refractivity contribution in [2.75, 3.05) is 43.0 Å². The molecule has 0 saturated carbocycles. The summed E-state index contributed by atoms with van der Waals surface area (Å²) in [4.78, 5) is 9.52. The molecule has 4 nitrogen and oxygen atoms in total. The molecule has 102 valence electrons. The largest absolute Gasteiger partial charge is 0.344 e. The normalized spacial score (nSPS) is 18.3. The van der Waals surface area contributed by atoms with E-state index in [0.717, 1.165) is 49.0 Å². The van der Waals surface area contributed by atoms with Gasteiger partial charge in [-0.15, -0.1) is 0 Å². The Bertz CT molecular complexity index is 380. The van der Waals surface area contributed by atoms with Crippen molar-refractivity contribution in [2.45, 2.75) is 26.2 Å². The van der Waals surface area contributed by atoms with Crippen LogP contribution < -0.4 is 4.90 Å². The quantitative estimate of drug-likeness (QED) is 0.795. The fourth-order valence-electron chi connectivity index (χ4n) is 1.93. The fourth-order valence-corrected chi connectivity index (χ4v) is 3.34. The van der Waals surface area contributed by atoms with Crippen LogP contribution in [-0.4, -0.2) is 52.3 Å². The zero-order chi connectivity index (χ0) is 13.2. The van der Waals surface area contributed by atoms with Crippen LogP contribution in [0.5, 0.6) is 0 Å². The number of nitrogens with zero attached hydrogens (tertiary/aromatic N) is 4. The van der Waals surface area contributed by atoms with Crippen LogP contribution >= 0.6 is 27.5 Å². The minimum atomic E-state index is 0.0481. The molecule has 1 aliphatic rings. The van der Waals surface area contributed by atoms with E-state index in [2.05, 4.69) is 55.9 Å². The lowest BCUT2D eigenvalue weighted by Gasteiger charge is -2.33. The van der Waals surface area contributed by atoms with Crippen LogP contribution in [0.15, 0.2) is 0 Å². The zero-order valence-electron chi connectivity index (χ0n) is 11.3. The van der Waals surface area contributed by atoms with Gasteiger partial charge in [0.2, 0.25) is 5.13 Å². The number of halogens is 1. The Labute approximate surface area is 122 Å². The van der Waals surface area contributed by atoms with Crippen molar-refractivity contribution in [3.8, 4) is 0 Å². The van der Waals surface area contributed by atoms with Gasteiger partial charge in [-0.1, -0.05) is 36.7 Å². The number of aromatic nitrogens is 2. The van der Waals surface area contributed by atoms with Gasteiger partial charge in [-0.25, -0.2) is 4.98 Å². The van der Waals surface area contributed by atoms with Gasteiger partial charge in [0.05, 0.1) is 0 Å². The van der Waals surface area contributed by atoms with E-state index in [0.29, 0.717) is 0 Å². The summed E-state index contributed by atoms with van der Waals surface area (Å²) in [5.41, 5.74) is 0.0481. The maximum absolute atomic E-state index is 4.68. The van der Waals surface area contributed by atoms with Crippen molar-refractivity contribution in [2.24, 2.45) is 0 Å². The van der Waals surface area contributed by atoms with Gasteiger partial charge < -0.3 is 4.90 Å². The molecule has 0 aliphatic carbocycles. The average Bonchev–Trinajstić information content (AvgIpc) is 2.79. The van der Waals surface area contributed by atoms with Crippen LogP contribution in [0.25, 0.3) is 0 Å². The zero-order valence-corrected chi connectivity index (χ0v) is 13.7. The lowest BCUT2D eigenvalue weighted by Crippen LogP contribution is -2.46. The molecular weight excluding hydrogens is 312 g/mol. The second-order valence-corrected chi connectivity index (χ2v) is 7.19. The van der Waals surface area contributed by atoms with Crippen LogP contribution in [0.3, 0.4) is 0 Å². The number of rotatable bonds is 3. The predicted molar refractivity (Wildman–Crippen MR) is 81.1 cm³/mol. The number of hydrogen-bond acceptors (Lipinski definition) is 5. The van der Waals surface area contributed by atoms with Gasteiger partial charge in [-0.3, -0.25) is 4.90 Å². The highest BCUT2D eigenvalue weighted by Crippen LogP contribution is 2.25. The van der Waals surface area contributed by atoms with E-state index in [9.17, 15) is 0 Å². The molecule has 0 amide bonds. The predicted octanol–water partition coefficient (Wildman–Crippen LogP) is 2.35. The summed E-state index contributed by atoms with van der Waals surface area (Å²) >= 11 is 5.03. The molecular formula is C12H21BrN4S. The number of piperazine rings is 1. The minimum Gasteiger partial charge on any atom is -0.344 e. The molecule has 0 spiro atoms. The van der Waals surface area contributed by atoms with Crippen molar-refractivity contribution in [3.63, 3.8) is 0 Å². The van der Waals surface area contributed by atoms with Gasteiger partial charge in [-0.05, 0) is 0 Å². The van der Waals surface area contributed by atoms with Gasteiger partial charge >= 0.3 is 0 Å². The van der Waals surface area contributed by atoms with Gasteiger partial charge in [0.1, 0.15) is 5.82 Å². The molecule has 18 heavy (non-hydrogen) atoms. The van der Waals surface area contributed by atoms with Crippen molar-refractivity contribution in [1.82, 2.24) is 14.3 Å². The highest BCUT2D eigenvalue weighted by Gasteiger charge is 2.23. The summed E-state index contributed by atoms with van der Waals surface area (Å²) in [7, 11) is 0. The Balaban J connectivity index is 1.95. The highest BCUT2D eigenvalue weighted by molar-refractivity contribution is 9.09. The van der Waals surface area contributed by atoms with Gasteiger partial charge in [0.15, 0.2) is 0 Å². The topological polar surface area (TPSA) is 32.3 Å². The van der Waals surface area contributed by atoms with Crippen molar-refractivity contribution in [3.05, 3.63) is 5.82 Å². The Morgan fingerprint density at radius 1 is 1.22 bits per heavy atom. The molecule has 6 heteroatoms. The number of anilines is 1. The summed E-state index contributed by atoms with van der Waals surface area (Å²) in [6, 6.07) is 0. The molecule has 0 bridgehead atoms. The van der Waals surface area contributed by atoms with Crippen LogP contribution in [0.4, 0.5) is 5.13 Å². The summed E-state index contributed by atoms with van der Waals surface area (Å²) in [6.07, 6.45) is 0. The molecule has 1 fully saturated rings. The first kappa shape index (κ1) is 14.2. The van der Waals surface area contributed by atoms with E-state index in [4.69, 9.17) is 0 Å². The summed E-state index contributed by atoms with van der Waals surface area (Å²) in [5.74, 6) is 0.963. The first-order valence-electron chi connectivity index (χ1n) is 6.38. The monoisotopic (exact) mass is 332 g/mol. The highest BCUT2D eigenvalue weighted by atomic mass is 79.9. The Hall–Kier alpha value is -0.200. The van der Waals surface area contributed by atoms with E-state index < -0.39 is 0 Å². The van der Waals surface area contributed by atoms with E-state index in [1.165, 1.54) is 11.5 Å². The van der Waals surface area contributed by atoms with Gasteiger partial charge in [0.25, 0.3) is 0 Å². The lowest BCUT2D eigenvalue weighted by molar-refractivity contribution is 0.274. The molecule has 0 unspecified atom stereocenters. The average molecular weight is 333 g/mol. The summed E-state index contributed by atoms with van der Waals surface area (Å²) < 4.78 is 4.49.